The molecular formula is C25H26N4O2. The standard InChI is InChI=1S/C25H26N4O2/c1-4-16-29(18-10-6-5-7-11-18)24-20-12-8-9-13-21(20)26-25(28-24)27-22-17-19(30-2)14-15-23(22)31-3/h5-15,17H,4,16H2,1-3H3,(H,26,27,28). The van der Waals surface area contributed by atoms with Crippen LogP contribution in [0.1, 0.15) is 13.3 Å². The molecule has 0 unspecified atom stereocenters. The van der Waals surface area contributed by atoms with Gasteiger partial charge in [0.1, 0.15) is 17.3 Å². The zero-order valence-electron chi connectivity index (χ0n) is 18.0. The van der Waals surface area contributed by atoms with Crippen molar-refractivity contribution >= 4 is 34.0 Å². The zero-order valence-corrected chi connectivity index (χ0v) is 18.0. The second-order valence-electron chi connectivity index (χ2n) is 7.07. The molecular weight excluding hydrogens is 388 g/mol. The van der Waals surface area contributed by atoms with Crippen molar-refractivity contribution in [3.63, 3.8) is 0 Å². The molecule has 6 nitrogen and oxygen atoms in total. The molecule has 3 aromatic carbocycles. The van der Waals surface area contributed by atoms with E-state index in [9.17, 15) is 0 Å². The topological polar surface area (TPSA) is 59.5 Å². The van der Waals surface area contributed by atoms with Crippen LogP contribution in [0.25, 0.3) is 10.9 Å². The number of para-hydroxylation sites is 2. The molecule has 0 aliphatic heterocycles. The number of methoxy groups -OCH3 is 2. The summed E-state index contributed by atoms with van der Waals surface area (Å²) in [6.07, 6.45) is 0.986. The summed E-state index contributed by atoms with van der Waals surface area (Å²) in [5.74, 6) is 2.77. The van der Waals surface area contributed by atoms with Crippen molar-refractivity contribution in [3.8, 4) is 11.5 Å². The Morgan fingerprint density at radius 3 is 2.39 bits per heavy atom. The maximum atomic E-state index is 5.51. The summed E-state index contributed by atoms with van der Waals surface area (Å²) in [4.78, 5) is 11.9. The third-order valence-electron chi connectivity index (χ3n) is 5.01. The van der Waals surface area contributed by atoms with E-state index in [4.69, 9.17) is 19.4 Å². The van der Waals surface area contributed by atoms with E-state index in [-0.39, 0.29) is 0 Å². The molecule has 4 rings (SSSR count). The van der Waals surface area contributed by atoms with Gasteiger partial charge < -0.3 is 19.7 Å². The molecule has 0 radical (unpaired) electrons. The summed E-state index contributed by atoms with van der Waals surface area (Å²) in [7, 11) is 3.27. The second-order valence-corrected chi connectivity index (χ2v) is 7.07. The smallest absolute Gasteiger partial charge is 0.229 e. The quantitative estimate of drug-likeness (QED) is 0.385. The molecule has 31 heavy (non-hydrogen) atoms. The van der Waals surface area contributed by atoms with Gasteiger partial charge in [-0.2, -0.15) is 4.98 Å². The lowest BCUT2D eigenvalue weighted by molar-refractivity contribution is 0.405. The Labute approximate surface area is 182 Å². The molecule has 0 aliphatic carbocycles. The fraction of sp³-hybridized carbons (Fsp3) is 0.200. The molecule has 0 atom stereocenters. The van der Waals surface area contributed by atoms with E-state index in [0.29, 0.717) is 11.7 Å². The van der Waals surface area contributed by atoms with Crippen molar-refractivity contribution in [2.45, 2.75) is 13.3 Å². The van der Waals surface area contributed by atoms with Gasteiger partial charge in [0.25, 0.3) is 0 Å². The third kappa shape index (κ3) is 4.38. The van der Waals surface area contributed by atoms with Crippen LogP contribution < -0.4 is 19.7 Å². The summed E-state index contributed by atoms with van der Waals surface area (Å²) in [6.45, 7) is 3.01. The number of hydrogen-bond donors (Lipinski definition) is 1. The molecule has 4 aromatic rings. The van der Waals surface area contributed by atoms with Gasteiger partial charge in [-0.3, -0.25) is 0 Å². The van der Waals surface area contributed by atoms with Crippen LogP contribution >= 0.6 is 0 Å². The molecule has 1 aromatic heterocycles. The molecule has 158 valence electrons. The predicted octanol–water partition coefficient (Wildman–Crippen LogP) is 5.94. The van der Waals surface area contributed by atoms with E-state index in [0.717, 1.165) is 46.8 Å². The van der Waals surface area contributed by atoms with Crippen molar-refractivity contribution in [1.29, 1.82) is 0 Å². The first-order chi connectivity index (χ1) is 15.2. The molecule has 1 N–H and O–H groups in total. The first kappa shape index (κ1) is 20.5. The maximum Gasteiger partial charge on any atom is 0.229 e. The highest BCUT2D eigenvalue weighted by Gasteiger charge is 2.17. The van der Waals surface area contributed by atoms with Gasteiger partial charge in [-0.25, -0.2) is 4.98 Å². The van der Waals surface area contributed by atoms with E-state index in [1.165, 1.54) is 0 Å². The number of aromatic nitrogens is 2. The van der Waals surface area contributed by atoms with Crippen LogP contribution in [0.15, 0.2) is 72.8 Å². The highest BCUT2D eigenvalue weighted by molar-refractivity contribution is 5.92. The van der Waals surface area contributed by atoms with Gasteiger partial charge in [0, 0.05) is 23.7 Å². The van der Waals surface area contributed by atoms with Crippen molar-refractivity contribution in [2.75, 3.05) is 31.0 Å². The molecule has 6 heteroatoms. The SMILES string of the molecule is CCCN(c1ccccc1)c1nc(Nc2cc(OC)ccc2OC)nc2ccccc12. The second kappa shape index (κ2) is 9.34. The normalized spacial score (nSPS) is 10.7. The highest BCUT2D eigenvalue weighted by atomic mass is 16.5. The fourth-order valence-electron chi connectivity index (χ4n) is 3.54. The van der Waals surface area contributed by atoms with Crippen molar-refractivity contribution < 1.29 is 9.47 Å². The minimum atomic E-state index is 0.497. The van der Waals surface area contributed by atoms with Crippen LogP contribution in [0.5, 0.6) is 11.5 Å². The molecule has 0 saturated carbocycles. The number of ether oxygens (including phenoxy) is 2. The minimum Gasteiger partial charge on any atom is -0.497 e. The van der Waals surface area contributed by atoms with E-state index in [2.05, 4.69) is 35.3 Å². The minimum absolute atomic E-state index is 0.497. The number of rotatable bonds is 8. The van der Waals surface area contributed by atoms with Gasteiger partial charge in [-0.15, -0.1) is 0 Å². The Morgan fingerprint density at radius 1 is 0.871 bits per heavy atom. The molecule has 0 fully saturated rings. The highest BCUT2D eigenvalue weighted by Crippen LogP contribution is 2.34. The number of nitrogens with one attached hydrogen (secondary N) is 1. The van der Waals surface area contributed by atoms with Gasteiger partial charge in [0.15, 0.2) is 0 Å². The van der Waals surface area contributed by atoms with E-state index in [1.54, 1.807) is 14.2 Å². The molecule has 0 saturated heterocycles. The number of hydrogen-bond acceptors (Lipinski definition) is 6. The third-order valence-corrected chi connectivity index (χ3v) is 5.01. The molecule has 0 spiro atoms. The summed E-state index contributed by atoms with van der Waals surface area (Å²) in [6, 6.07) is 24.0. The van der Waals surface area contributed by atoms with Crippen molar-refractivity contribution in [1.82, 2.24) is 9.97 Å². The number of benzene rings is 3. The van der Waals surface area contributed by atoms with E-state index >= 15 is 0 Å². The van der Waals surface area contributed by atoms with Gasteiger partial charge in [0.2, 0.25) is 5.95 Å². The number of fused-ring (bicyclic) bond motifs is 1. The Morgan fingerprint density at radius 2 is 1.65 bits per heavy atom. The lowest BCUT2D eigenvalue weighted by Gasteiger charge is -2.25. The van der Waals surface area contributed by atoms with E-state index in [1.807, 2.05) is 54.6 Å². The maximum absolute atomic E-state index is 5.51. The van der Waals surface area contributed by atoms with Crippen LogP contribution in [0.2, 0.25) is 0 Å². The van der Waals surface area contributed by atoms with Crippen LogP contribution in [0.3, 0.4) is 0 Å². The Bertz CT molecular complexity index is 1160. The monoisotopic (exact) mass is 414 g/mol. The van der Waals surface area contributed by atoms with Crippen LogP contribution in [-0.2, 0) is 0 Å². The average molecular weight is 415 g/mol. The number of nitrogens with zero attached hydrogens (tertiary/aromatic N) is 3. The van der Waals surface area contributed by atoms with Crippen LogP contribution in [0.4, 0.5) is 23.1 Å². The van der Waals surface area contributed by atoms with Gasteiger partial charge in [-0.1, -0.05) is 37.3 Å². The average Bonchev–Trinajstić information content (AvgIpc) is 2.82. The lowest BCUT2D eigenvalue weighted by atomic mass is 10.2. The van der Waals surface area contributed by atoms with Crippen molar-refractivity contribution in [3.05, 3.63) is 72.8 Å². The largest absolute Gasteiger partial charge is 0.497 e. The number of anilines is 4. The van der Waals surface area contributed by atoms with Gasteiger partial charge >= 0.3 is 0 Å². The van der Waals surface area contributed by atoms with E-state index < -0.39 is 0 Å². The molecule has 0 bridgehead atoms. The fourth-order valence-corrected chi connectivity index (χ4v) is 3.54. The first-order valence-electron chi connectivity index (χ1n) is 10.3. The van der Waals surface area contributed by atoms with Crippen LogP contribution in [0, 0.1) is 0 Å². The Kier molecular flexibility index (Phi) is 6.17. The summed E-state index contributed by atoms with van der Waals surface area (Å²) in [5, 5.41) is 4.33. The molecule has 0 aliphatic rings. The molecule has 0 amide bonds. The predicted molar refractivity (Wildman–Crippen MR) is 126 cm³/mol. The Hall–Kier alpha value is -3.80. The van der Waals surface area contributed by atoms with Crippen LogP contribution in [-0.4, -0.2) is 30.7 Å². The van der Waals surface area contributed by atoms with Crippen molar-refractivity contribution in [2.24, 2.45) is 0 Å². The summed E-state index contributed by atoms with van der Waals surface area (Å²) < 4.78 is 10.9. The zero-order chi connectivity index (χ0) is 21.6. The summed E-state index contributed by atoms with van der Waals surface area (Å²) in [5.41, 5.74) is 2.71. The first-order valence-corrected chi connectivity index (χ1v) is 10.3. The Balaban J connectivity index is 1.84. The van der Waals surface area contributed by atoms with Gasteiger partial charge in [0.05, 0.1) is 25.4 Å². The lowest BCUT2D eigenvalue weighted by Crippen LogP contribution is -2.20. The molecule has 1 heterocycles. The summed E-state index contributed by atoms with van der Waals surface area (Å²) >= 11 is 0. The van der Waals surface area contributed by atoms with Gasteiger partial charge in [-0.05, 0) is 42.8 Å².